The average molecular weight is 423 g/mol. The zero-order chi connectivity index (χ0) is 21.6. The number of benzene rings is 2. The molecule has 0 bridgehead atoms. The van der Waals surface area contributed by atoms with E-state index in [9.17, 15) is 17.6 Å². The second kappa shape index (κ2) is 9.84. The van der Waals surface area contributed by atoms with E-state index in [1.807, 2.05) is 19.1 Å². The van der Waals surface area contributed by atoms with Crippen molar-refractivity contribution < 1.29 is 22.3 Å². The van der Waals surface area contributed by atoms with Crippen molar-refractivity contribution in [3.05, 3.63) is 59.4 Å². The van der Waals surface area contributed by atoms with Gasteiger partial charge in [0.05, 0.1) is 13.2 Å². The van der Waals surface area contributed by atoms with Crippen molar-refractivity contribution in [1.29, 1.82) is 0 Å². The molecule has 6 nitrogen and oxygen atoms in total. The van der Waals surface area contributed by atoms with E-state index in [-0.39, 0.29) is 24.7 Å². The Balaban J connectivity index is 2.30. The minimum atomic E-state index is -4.02. The fourth-order valence-electron chi connectivity index (χ4n) is 3.04. The number of sulfonamides is 1. The number of carbonyl (C=O) groups excluding carboxylic acids is 1. The van der Waals surface area contributed by atoms with E-state index in [4.69, 9.17) is 4.74 Å². The molecule has 0 aliphatic rings. The van der Waals surface area contributed by atoms with Crippen LogP contribution in [-0.4, -0.2) is 38.8 Å². The molecule has 1 unspecified atom stereocenters. The minimum Gasteiger partial charge on any atom is -0.497 e. The van der Waals surface area contributed by atoms with Gasteiger partial charge in [-0.2, -0.15) is 4.31 Å². The van der Waals surface area contributed by atoms with Crippen LogP contribution in [0, 0.1) is 5.82 Å². The first kappa shape index (κ1) is 22.8. The van der Waals surface area contributed by atoms with Crippen LogP contribution in [-0.2, 0) is 10.0 Å². The van der Waals surface area contributed by atoms with Gasteiger partial charge < -0.3 is 10.1 Å². The van der Waals surface area contributed by atoms with E-state index in [0.717, 1.165) is 22.0 Å². The molecule has 2 aromatic rings. The SMILES string of the molecule is CCC(NC(=O)c1ccc(F)c(S(=O)(=O)N(CC)CC)c1)c1ccc(OC)cc1. The lowest BCUT2D eigenvalue weighted by atomic mass is 10.0. The van der Waals surface area contributed by atoms with Gasteiger partial charge in [-0.05, 0) is 42.3 Å². The summed E-state index contributed by atoms with van der Waals surface area (Å²) in [4.78, 5) is 12.2. The van der Waals surface area contributed by atoms with Crippen LogP contribution < -0.4 is 10.1 Å². The van der Waals surface area contributed by atoms with Crippen molar-refractivity contribution in [1.82, 2.24) is 9.62 Å². The Bertz CT molecular complexity index is 942. The van der Waals surface area contributed by atoms with Crippen molar-refractivity contribution in [2.45, 2.75) is 38.1 Å². The average Bonchev–Trinajstić information content (AvgIpc) is 2.72. The largest absolute Gasteiger partial charge is 0.497 e. The molecule has 8 heteroatoms. The standard InChI is InChI=1S/C21H27FN2O4S/c1-5-19(15-8-11-17(28-4)12-9-15)23-21(25)16-10-13-18(22)20(14-16)29(26,27)24(6-2)7-3/h8-14,19H,5-7H2,1-4H3,(H,23,25). The smallest absolute Gasteiger partial charge is 0.251 e. The third-order valence-corrected chi connectivity index (χ3v) is 6.81. The van der Waals surface area contributed by atoms with Crippen LogP contribution in [0.3, 0.4) is 0 Å². The summed E-state index contributed by atoms with van der Waals surface area (Å²) in [6.45, 7) is 5.71. The van der Waals surface area contributed by atoms with Gasteiger partial charge in [-0.25, -0.2) is 12.8 Å². The predicted octanol–water partition coefficient (Wildman–Crippen LogP) is 3.75. The fourth-order valence-corrected chi connectivity index (χ4v) is 4.59. The van der Waals surface area contributed by atoms with Crippen molar-refractivity contribution in [3.63, 3.8) is 0 Å². The van der Waals surface area contributed by atoms with Crippen LogP contribution in [0.5, 0.6) is 5.75 Å². The molecule has 0 heterocycles. The molecule has 0 fully saturated rings. The number of ether oxygens (including phenoxy) is 1. The Morgan fingerprint density at radius 2 is 1.72 bits per heavy atom. The first-order chi connectivity index (χ1) is 13.8. The molecule has 0 saturated carbocycles. The maximum Gasteiger partial charge on any atom is 0.251 e. The number of hydrogen-bond donors (Lipinski definition) is 1. The van der Waals surface area contributed by atoms with E-state index in [2.05, 4.69) is 5.32 Å². The first-order valence-electron chi connectivity index (χ1n) is 9.52. The summed E-state index contributed by atoms with van der Waals surface area (Å²) < 4.78 is 46.0. The number of methoxy groups -OCH3 is 1. The van der Waals surface area contributed by atoms with Gasteiger partial charge in [-0.1, -0.05) is 32.9 Å². The fraction of sp³-hybridized carbons (Fsp3) is 0.381. The monoisotopic (exact) mass is 422 g/mol. The molecule has 1 N–H and O–H groups in total. The number of carbonyl (C=O) groups is 1. The lowest BCUT2D eigenvalue weighted by Gasteiger charge is -2.20. The molecule has 29 heavy (non-hydrogen) atoms. The van der Waals surface area contributed by atoms with Crippen molar-refractivity contribution in [2.75, 3.05) is 20.2 Å². The second-order valence-corrected chi connectivity index (χ2v) is 8.35. The first-order valence-corrected chi connectivity index (χ1v) is 11.0. The summed E-state index contributed by atoms with van der Waals surface area (Å²) in [7, 11) is -2.44. The molecular weight excluding hydrogens is 395 g/mol. The highest BCUT2D eigenvalue weighted by atomic mass is 32.2. The molecule has 0 aliphatic carbocycles. The zero-order valence-electron chi connectivity index (χ0n) is 17.1. The minimum absolute atomic E-state index is 0.0871. The molecule has 0 radical (unpaired) electrons. The Hall–Kier alpha value is -2.45. The molecule has 0 saturated heterocycles. The van der Waals surface area contributed by atoms with Gasteiger partial charge in [0.25, 0.3) is 5.91 Å². The van der Waals surface area contributed by atoms with Gasteiger partial charge in [-0.3, -0.25) is 4.79 Å². The van der Waals surface area contributed by atoms with E-state index < -0.39 is 26.6 Å². The number of rotatable bonds is 9. The quantitative estimate of drug-likeness (QED) is 0.668. The summed E-state index contributed by atoms with van der Waals surface area (Å²) >= 11 is 0. The molecule has 2 aromatic carbocycles. The summed E-state index contributed by atoms with van der Waals surface area (Å²) in [6.07, 6.45) is 0.629. The van der Waals surface area contributed by atoms with E-state index in [0.29, 0.717) is 12.2 Å². The van der Waals surface area contributed by atoms with Crippen LogP contribution in [0.1, 0.15) is 49.2 Å². The number of nitrogens with zero attached hydrogens (tertiary/aromatic N) is 1. The number of halogens is 1. The Labute approximate surface area is 171 Å². The van der Waals surface area contributed by atoms with Gasteiger partial charge in [0.15, 0.2) is 0 Å². The summed E-state index contributed by atoms with van der Waals surface area (Å²) in [6, 6.07) is 10.4. The summed E-state index contributed by atoms with van der Waals surface area (Å²) in [5, 5.41) is 2.88. The van der Waals surface area contributed by atoms with E-state index in [1.165, 1.54) is 6.07 Å². The molecular formula is C21H27FN2O4S. The summed E-state index contributed by atoms with van der Waals surface area (Å²) in [5.41, 5.74) is 0.976. The molecule has 158 valence electrons. The Kier molecular flexibility index (Phi) is 7.75. The molecule has 1 atom stereocenters. The van der Waals surface area contributed by atoms with E-state index in [1.54, 1.807) is 33.1 Å². The summed E-state index contributed by atoms with van der Waals surface area (Å²) in [5.74, 6) is -0.640. The third-order valence-electron chi connectivity index (χ3n) is 4.75. The maximum atomic E-state index is 14.3. The molecule has 0 spiro atoms. The van der Waals surface area contributed by atoms with Crippen molar-refractivity contribution in [2.24, 2.45) is 0 Å². The predicted molar refractivity (Wildman–Crippen MR) is 110 cm³/mol. The highest BCUT2D eigenvalue weighted by molar-refractivity contribution is 7.89. The zero-order valence-corrected chi connectivity index (χ0v) is 17.9. The van der Waals surface area contributed by atoms with E-state index >= 15 is 0 Å². The van der Waals surface area contributed by atoms with Crippen molar-refractivity contribution in [3.8, 4) is 5.75 Å². The van der Waals surface area contributed by atoms with Crippen molar-refractivity contribution >= 4 is 15.9 Å². The highest BCUT2D eigenvalue weighted by Gasteiger charge is 2.26. The third kappa shape index (κ3) is 5.13. The van der Waals surface area contributed by atoms with Gasteiger partial charge in [0.1, 0.15) is 16.5 Å². The van der Waals surface area contributed by atoms with Crippen LogP contribution in [0.4, 0.5) is 4.39 Å². The van der Waals surface area contributed by atoms with Crippen LogP contribution in [0.2, 0.25) is 0 Å². The van der Waals surface area contributed by atoms with Gasteiger partial charge in [0, 0.05) is 18.7 Å². The second-order valence-electron chi connectivity index (χ2n) is 6.44. The van der Waals surface area contributed by atoms with Gasteiger partial charge in [-0.15, -0.1) is 0 Å². The lowest BCUT2D eigenvalue weighted by Crippen LogP contribution is -2.32. The molecule has 1 amide bonds. The Morgan fingerprint density at radius 3 is 2.24 bits per heavy atom. The van der Waals surface area contributed by atoms with Gasteiger partial charge >= 0.3 is 0 Å². The van der Waals surface area contributed by atoms with Crippen LogP contribution in [0.15, 0.2) is 47.4 Å². The lowest BCUT2D eigenvalue weighted by molar-refractivity contribution is 0.0935. The number of amides is 1. The highest BCUT2D eigenvalue weighted by Crippen LogP contribution is 2.23. The number of nitrogens with one attached hydrogen (secondary N) is 1. The molecule has 0 aliphatic heterocycles. The van der Waals surface area contributed by atoms with Gasteiger partial charge in [0.2, 0.25) is 10.0 Å². The van der Waals surface area contributed by atoms with Crippen LogP contribution in [0.25, 0.3) is 0 Å². The normalized spacial score (nSPS) is 12.6. The molecule has 0 aromatic heterocycles. The maximum absolute atomic E-state index is 14.3. The molecule has 2 rings (SSSR count). The topological polar surface area (TPSA) is 75.7 Å². The van der Waals surface area contributed by atoms with Crippen LogP contribution >= 0.6 is 0 Å². The Morgan fingerprint density at radius 1 is 1.10 bits per heavy atom. The number of hydrogen-bond acceptors (Lipinski definition) is 4.